The molecule has 0 spiro atoms. The normalized spacial score (nSPS) is 16.8. The first-order chi connectivity index (χ1) is 8.22. The van der Waals surface area contributed by atoms with Gasteiger partial charge in [0.15, 0.2) is 0 Å². The molecule has 0 bridgehead atoms. The molecular formula is C12H18N4O. The van der Waals surface area contributed by atoms with Crippen LogP contribution in [0.4, 0.5) is 0 Å². The molecule has 5 nitrogen and oxygen atoms in total. The van der Waals surface area contributed by atoms with Crippen LogP contribution in [0.1, 0.15) is 24.1 Å². The summed E-state index contributed by atoms with van der Waals surface area (Å²) >= 11 is 0. The fourth-order valence-corrected chi connectivity index (χ4v) is 2.18. The summed E-state index contributed by atoms with van der Waals surface area (Å²) in [5.41, 5.74) is 1.29. The summed E-state index contributed by atoms with van der Waals surface area (Å²) in [4.78, 5) is 0. The molecule has 1 aromatic rings. The van der Waals surface area contributed by atoms with Crippen LogP contribution in [-0.4, -0.2) is 29.5 Å². The Bertz CT molecular complexity index is 426. The lowest BCUT2D eigenvalue weighted by Gasteiger charge is -2.22. The molecule has 2 heterocycles. The molecule has 0 aromatic carbocycles. The third-order valence-corrected chi connectivity index (χ3v) is 3.20. The number of rotatable bonds is 3. The van der Waals surface area contributed by atoms with Crippen molar-refractivity contribution < 1.29 is 4.74 Å². The molecule has 0 atom stereocenters. The summed E-state index contributed by atoms with van der Waals surface area (Å²) in [6, 6.07) is 2.15. The molecule has 1 saturated heterocycles. The fourth-order valence-electron chi connectivity index (χ4n) is 2.18. The second kappa shape index (κ2) is 5.19. The highest BCUT2D eigenvalue weighted by Crippen LogP contribution is 2.22. The minimum absolute atomic E-state index is 0.557. The van der Waals surface area contributed by atoms with Gasteiger partial charge >= 0.3 is 0 Å². The van der Waals surface area contributed by atoms with E-state index in [1.807, 2.05) is 14.0 Å². The monoisotopic (exact) mass is 234 g/mol. The van der Waals surface area contributed by atoms with Crippen molar-refractivity contribution in [2.75, 3.05) is 19.7 Å². The lowest BCUT2D eigenvalue weighted by atomic mass is 9.99. The summed E-state index contributed by atoms with van der Waals surface area (Å²) in [7, 11) is 1.81. The second-order valence-electron chi connectivity index (χ2n) is 4.51. The maximum absolute atomic E-state index is 9.06. The van der Waals surface area contributed by atoms with Gasteiger partial charge in [-0.3, -0.25) is 0 Å². The largest absolute Gasteiger partial charge is 0.477 e. The van der Waals surface area contributed by atoms with Crippen molar-refractivity contribution in [2.24, 2.45) is 13.0 Å². The maximum Gasteiger partial charge on any atom is 0.230 e. The summed E-state index contributed by atoms with van der Waals surface area (Å²) in [5.74, 6) is 1.18. The van der Waals surface area contributed by atoms with E-state index in [4.69, 9.17) is 10.00 Å². The van der Waals surface area contributed by atoms with Gasteiger partial charge in [0.05, 0.1) is 12.3 Å². The number of nitrogens with zero attached hydrogens (tertiary/aromatic N) is 3. The van der Waals surface area contributed by atoms with Crippen molar-refractivity contribution >= 4 is 0 Å². The second-order valence-corrected chi connectivity index (χ2v) is 4.51. The van der Waals surface area contributed by atoms with E-state index in [1.54, 1.807) is 4.68 Å². The Hall–Kier alpha value is -1.54. The molecule has 0 saturated carbocycles. The van der Waals surface area contributed by atoms with E-state index in [9.17, 15) is 0 Å². The van der Waals surface area contributed by atoms with Crippen LogP contribution in [0.5, 0.6) is 5.88 Å². The van der Waals surface area contributed by atoms with E-state index < -0.39 is 0 Å². The molecule has 92 valence electrons. The van der Waals surface area contributed by atoms with Gasteiger partial charge in [0.25, 0.3) is 0 Å². The van der Waals surface area contributed by atoms with E-state index >= 15 is 0 Å². The van der Waals surface area contributed by atoms with E-state index in [2.05, 4.69) is 16.5 Å². The number of nitriles is 1. The number of aryl methyl sites for hydroxylation is 2. The Morgan fingerprint density at radius 3 is 2.88 bits per heavy atom. The summed E-state index contributed by atoms with van der Waals surface area (Å²) in [5, 5.41) is 16.6. The van der Waals surface area contributed by atoms with E-state index in [0.717, 1.165) is 31.6 Å². The van der Waals surface area contributed by atoms with Gasteiger partial charge in [-0.2, -0.15) is 10.4 Å². The number of hydrogen-bond acceptors (Lipinski definition) is 4. The van der Waals surface area contributed by atoms with Gasteiger partial charge in [-0.25, -0.2) is 4.68 Å². The average Bonchev–Trinajstić information content (AvgIpc) is 2.62. The Kier molecular flexibility index (Phi) is 3.64. The van der Waals surface area contributed by atoms with Gasteiger partial charge in [0, 0.05) is 7.05 Å². The standard InChI is InChI=1S/C12H18N4O/c1-9-11(7-13)12(16(2)15-9)17-8-10-3-5-14-6-4-10/h10,14H,3-6,8H2,1-2H3. The van der Waals surface area contributed by atoms with Gasteiger partial charge in [-0.15, -0.1) is 0 Å². The third-order valence-electron chi connectivity index (χ3n) is 3.20. The Morgan fingerprint density at radius 1 is 1.53 bits per heavy atom. The minimum Gasteiger partial charge on any atom is -0.477 e. The molecule has 2 rings (SSSR count). The van der Waals surface area contributed by atoms with E-state index in [1.165, 1.54) is 0 Å². The molecule has 0 amide bonds. The molecular weight excluding hydrogens is 216 g/mol. The van der Waals surface area contributed by atoms with Gasteiger partial charge < -0.3 is 10.1 Å². The average molecular weight is 234 g/mol. The predicted molar refractivity (Wildman–Crippen MR) is 63.7 cm³/mol. The molecule has 1 fully saturated rings. The molecule has 0 radical (unpaired) electrons. The molecule has 0 unspecified atom stereocenters. The van der Waals surface area contributed by atoms with Crippen LogP contribution >= 0.6 is 0 Å². The molecule has 1 aliphatic rings. The van der Waals surface area contributed by atoms with Crippen LogP contribution in [0.2, 0.25) is 0 Å². The highest BCUT2D eigenvalue weighted by atomic mass is 16.5. The van der Waals surface area contributed by atoms with Gasteiger partial charge in [-0.1, -0.05) is 0 Å². The number of nitrogens with one attached hydrogen (secondary N) is 1. The number of aromatic nitrogens is 2. The predicted octanol–water partition coefficient (Wildman–Crippen LogP) is 0.979. The molecule has 5 heteroatoms. The van der Waals surface area contributed by atoms with Crippen LogP contribution in [0.25, 0.3) is 0 Å². The number of piperidine rings is 1. The van der Waals surface area contributed by atoms with Crippen molar-refractivity contribution in [3.05, 3.63) is 11.3 Å². The smallest absolute Gasteiger partial charge is 0.230 e. The molecule has 0 aliphatic carbocycles. The third kappa shape index (κ3) is 2.59. The van der Waals surface area contributed by atoms with Crippen molar-refractivity contribution in [1.82, 2.24) is 15.1 Å². The first kappa shape index (κ1) is 11.9. The maximum atomic E-state index is 9.06. The zero-order valence-electron chi connectivity index (χ0n) is 10.4. The summed E-state index contributed by atoms with van der Waals surface area (Å²) in [6.07, 6.45) is 2.28. The molecule has 17 heavy (non-hydrogen) atoms. The Balaban J connectivity index is 2.01. The molecule has 1 aromatic heterocycles. The van der Waals surface area contributed by atoms with Crippen LogP contribution in [-0.2, 0) is 7.05 Å². The van der Waals surface area contributed by atoms with Crippen LogP contribution in [0.3, 0.4) is 0 Å². The Morgan fingerprint density at radius 2 is 2.24 bits per heavy atom. The first-order valence-electron chi connectivity index (χ1n) is 5.99. The zero-order chi connectivity index (χ0) is 12.3. The topological polar surface area (TPSA) is 62.9 Å². The van der Waals surface area contributed by atoms with Crippen LogP contribution in [0.15, 0.2) is 0 Å². The van der Waals surface area contributed by atoms with Crippen LogP contribution < -0.4 is 10.1 Å². The molecule has 1 N–H and O–H groups in total. The van der Waals surface area contributed by atoms with Crippen LogP contribution in [0, 0.1) is 24.2 Å². The zero-order valence-corrected chi connectivity index (χ0v) is 10.4. The van der Waals surface area contributed by atoms with Gasteiger partial charge in [0.2, 0.25) is 5.88 Å². The highest BCUT2D eigenvalue weighted by molar-refractivity contribution is 5.41. The summed E-state index contributed by atoms with van der Waals surface area (Å²) in [6.45, 7) is 4.62. The lowest BCUT2D eigenvalue weighted by molar-refractivity contribution is 0.201. The Labute approximate surface area is 101 Å². The van der Waals surface area contributed by atoms with Crippen molar-refractivity contribution in [1.29, 1.82) is 5.26 Å². The van der Waals surface area contributed by atoms with Crippen molar-refractivity contribution in [3.63, 3.8) is 0 Å². The van der Waals surface area contributed by atoms with Gasteiger partial charge in [0.1, 0.15) is 11.6 Å². The number of ether oxygens (including phenoxy) is 1. The molecule has 1 aliphatic heterocycles. The SMILES string of the molecule is Cc1nn(C)c(OCC2CCNCC2)c1C#N. The first-order valence-corrected chi connectivity index (χ1v) is 5.99. The van der Waals surface area contributed by atoms with Crippen molar-refractivity contribution in [2.45, 2.75) is 19.8 Å². The quantitative estimate of drug-likeness (QED) is 0.846. The van der Waals surface area contributed by atoms with Gasteiger partial charge in [-0.05, 0) is 38.8 Å². The fraction of sp³-hybridized carbons (Fsp3) is 0.667. The minimum atomic E-state index is 0.557. The number of hydrogen-bond donors (Lipinski definition) is 1. The highest BCUT2D eigenvalue weighted by Gasteiger charge is 2.18. The summed E-state index contributed by atoms with van der Waals surface area (Å²) < 4.78 is 7.42. The van der Waals surface area contributed by atoms with E-state index in [0.29, 0.717) is 24.0 Å². The van der Waals surface area contributed by atoms with E-state index in [-0.39, 0.29) is 0 Å². The lowest BCUT2D eigenvalue weighted by Crippen LogP contribution is -2.30. The van der Waals surface area contributed by atoms with Crippen molar-refractivity contribution in [3.8, 4) is 11.9 Å².